The first-order valence-electron chi connectivity index (χ1n) is 3.12. The highest BCUT2D eigenvalue weighted by molar-refractivity contribution is 5.90. The lowest BCUT2D eigenvalue weighted by molar-refractivity contribution is 0.319. The molecular formula is C7H14N2O. The van der Waals surface area contributed by atoms with E-state index in [9.17, 15) is 0 Å². The van der Waals surface area contributed by atoms with Gasteiger partial charge in [0.15, 0.2) is 5.84 Å². The first kappa shape index (κ1) is 9.01. The highest BCUT2D eigenvalue weighted by Crippen LogP contribution is 2.13. The van der Waals surface area contributed by atoms with Gasteiger partial charge in [-0.2, -0.15) is 0 Å². The summed E-state index contributed by atoms with van der Waals surface area (Å²) in [6, 6.07) is 0. The molecular weight excluding hydrogens is 128 g/mol. The van der Waals surface area contributed by atoms with Crippen LogP contribution in [0.2, 0.25) is 0 Å². The van der Waals surface area contributed by atoms with Crippen LogP contribution >= 0.6 is 0 Å². The van der Waals surface area contributed by atoms with Crippen molar-refractivity contribution in [3.63, 3.8) is 0 Å². The summed E-state index contributed by atoms with van der Waals surface area (Å²) in [6.45, 7) is 6.11. The molecule has 0 aliphatic rings. The third-order valence-electron chi connectivity index (χ3n) is 0.870. The van der Waals surface area contributed by atoms with Crippen molar-refractivity contribution in [1.29, 1.82) is 0 Å². The predicted molar refractivity (Wildman–Crippen MR) is 42.0 cm³/mol. The van der Waals surface area contributed by atoms with E-state index in [1.165, 1.54) is 0 Å². The monoisotopic (exact) mass is 142 g/mol. The van der Waals surface area contributed by atoms with Crippen molar-refractivity contribution in [3.8, 4) is 0 Å². The lowest BCUT2D eigenvalue weighted by atomic mass is 9.96. The zero-order valence-corrected chi connectivity index (χ0v) is 6.63. The maximum atomic E-state index is 8.14. The second-order valence-corrected chi connectivity index (χ2v) is 3.22. The van der Waals surface area contributed by atoms with Crippen molar-refractivity contribution in [2.24, 2.45) is 16.3 Å². The molecule has 0 rings (SSSR count). The Kier molecular flexibility index (Phi) is 2.93. The zero-order valence-electron chi connectivity index (χ0n) is 6.63. The molecule has 3 nitrogen and oxygen atoms in total. The summed E-state index contributed by atoms with van der Waals surface area (Å²) in [6.07, 6.45) is 3.46. The fourth-order valence-electron chi connectivity index (χ4n) is 0.369. The number of nitrogens with two attached hydrogens (primary N) is 1. The summed E-state index contributed by atoms with van der Waals surface area (Å²) < 4.78 is 0. The number of allylic oxidation sites excluding steroid dienone is 1. The molecule has 3 heteroatoms. The minimum absolute atomic E-state index is 0.0787. The van der Waals surface area contributed by atoms with Crippen LogP contribution in [0.4, 0.5) is 0 Å². The first-order valence-corrected chi connectivity index (χ1v) is 3.12. The van der Waals surface area contributed by atoms with E-state index in [2.05, 4.69) is 5.16 Å². The number of oxime groups is 1. The molecule has 0 bridgehead atoms. The topological polar surface area (TPSA) is 58.6 Å². The number of rotatable bonds is 1. The molecule has 10 heavy (non-hydrogen) atoms. The van der Waals surface area contributed by atoms with Gasteiger partial charge in [-0.1, -0.05) is 32.0 Å². The Morgan fingerprint density at radius 1 is 1.50 bits per heavy atom. The van der Waals surface area contributed by atoms with Gasteiger partial charge < -0.3 is 10.9 Å². The molecule has 0 saturated carbocycles. The van der Waals surface area contributed by atoms with E-state index in [-0.39, 0.29) is 11.3 Å². The lowest BCUT2D eigenvalue weighted by Crippen LogP contribution is -2.09. The Labute approximate surface area is 61.2 Å². The summed E-state index contributed by atoms with van der Waals surface area (Å²) >= 11 is 0. The third-order valence-corrected chi connectivity index (χ3v) is 0.870. The van der Waals surface area contributed by atoms with Crippen LogP contribution in [0.25, 0.3) is 0 Å². The number of hydrogen-bond donors (Lipinski definition) is 2. The van der Waals surface area contributed by atoms with Crippen molar-refractivity contribution in [2.45, 2.75) is 20.8 Å². The van der Waals surface area contributed by atoms with Crippen LogP contribution in [0.3, 0.4) is 0 Å². The van der Waals surface area contributed by atoms with Gasteiger partial charge in [-0.25, -0.2) is 0 Å². The van der Waals surface area contributed by atoms with Gasteiger partial charge in [0.05, 0.1) is 0 Å². The summed E-state index contributed by atoms with van der Waals surface area (Å²) in [7, 11) is 0. The molecule has 3 N–H and O–H groups in total. The van der Waals surface area contributed by atoms with Crippen molar-refractivity contribution in [3.05, 3.63) is 12.2 Å². The second-order valence-electron chi connectivity index (χ2n) is 3.22. The van der Waals surface area contributed by atoms with Gasteiger partial charge in [0.1, 0.15) is 0 Å². The number of hydrogen-bond acceptors (Lipinski definition) is 2. The Hall–Kier alpha value is -0.990. The van der Waals surface area contributed by atoms with E-state index >= 15 is 0 Å². The largest absolute Gasteiger partial charge is 0.409 e. The lowest BCUT2D eigenvalue weighted by Gasteiger charge is -2.10. The van der Waals surface area contributed by atoms with Gasteiger partial charge in [-0.05, 0) is 11.5 Å². The average molecular weight is 142 g/mol. The first-order chi connectivity index (χ1) is 4.45. The normalized spacial score (nSPS) is 14.5. The van der Waals surface area contributed by atoms with Gasteiger partial charge in [0.25, 0.3) is 0 Å². The molecule has 0 aromatic rings. The molecule has 0 atom stereocenters. The summed E-state index contributed by atoms with van der Waals surface area (Å²) in [5, 5.41) is 10.9. The van der Waals surface area contributed by atoms with E-state index < -0.39 is 0 Å². The maximum Gasteiger partial charge on any atom is 0.162 e. The molecule has 0 aliphatic carbocycles. The fraction of sp³-hybridized carbons (Fsp3) is 0.571. The zero-order chi connectivity index (χ0) is 8.20. The van der Waals surface area contributed by atoms with Crippen LogP contribution in [0.5, 0.6) is 0 Å². The second kappa shape index (κ2) is 3.25. The molecule has 0 aromatic heterocycles. The van der Waals surface area contributed by atoms with E-state index in [4.69, 9.17) is 10.9 Å². The summed E-state index contributed by atoms with van der Waals surface area (Å²) in [5.41, 5.74) is 5.27. The highest BCUT2D eigenvalue weighted by Gasteiger charge is 2.03. The molecule has 0 fully saturated rings. The standard InChI is InChI=1S/C7H14N2O/c1-7(2,3)5-4-6(8)9-10/h4-5,10H,1-3H3,(H2,8,9)/b5-4+. The molecule has 0 amide bonds. The van der Waals surface area contributed by atoms with Crippen LogP contribution in [0.15, 0.2) is 17.3 Å². The molecule has 0 unspecified atom stereocenters. The van der Waals surface area contributed by atoms with Gasteiger partial charge >= 0.3 is 0 Å². The highest BCUT2D eigenvalue weighted by atomic mass is 16.4. The fourth-order valence-corrected chi connectivity index (χ4v) is 0.369. The van der Waals surface area contributed by atoms with Crippen molar-refractivity contribution >= 4 is 5.84 Å². The molecule has 0 aromatic carbocycles. The molecule has 0 radical (unpaired) electrons. The Morgan fingerprint density at radius 3 is 2.30 bits per heavy atom. The van der Waals surface area contributed by atoms with E-state index in [1.807, 2.05) is 26.8 Å². The van der Waals surface area contributed by atoms with E-state index in [1.54, 1.807) is 6.08 Å². The predicted octanol–water partition coefficient (Wildman–Crippen LogP) is 1.34. The van der Waals surface area contributed by atoms with Crippen LogP contribution < -0.4 is 5.73 Å². The SMILES string of the molecule is CC(C)(C)/C=C/C(N)=N\O. The quantitative estimate of drug-likeness (QED) is 0.251. The minimum atomic E-state index is 0.0787. The molecule has 0 aliphatic heterocycles. The molecule has 0 heterocycles. The van der Waals surface area contributed by atoms with E-state index in [0.717, 1.165) is 0 Å². The van der Waals surface area contributed by atoms with Crippen LogP contribution in [0.1, 0.15) is 20.8 Å². The summed E-state index contributed by atoms with van der Waals surface area (Å²) in [4.78, 5) is 0. The van der Waals surface area contributed by atoms with Crippen molar-refractivity contribution in [2.75, 3.05) is 0 Å². The molecule has 0 saturated heterocycles. The van der Waals surface area contributed by atoms with Crippen LogP contribution in [0, 0.1) is 5.41 Å². The number of amidine groups is 1. The Bertz CT molecular complexity index is 153. The van der Waals surface area contributed by atoms with Crippen LogP contribution in [-0.2, 0) is 0 Å². The molecule has 58 valence electrons. The van der Waals surface area contributed by atoms with Crippen LogP contribution in [-0.4, -0.2) is 11.0 Å². The third kappa shape index (κ3) is 5.15. The van der Waals surface area contributed by atoms with Gasteiger partial charge in [-0.15, -0.1) is 0 Å². The maximum absolute atomic E-state index is 8.14. The number of nitrogens with zero attached hydrogens (tertiary/aromatic N) is 1. The Morgan fingerprint density at radius 2 is 2.00 bits per heavy atom. The summed E-state index contributed by atoms with van der Waals surface area (Å²) in [5.74, 6) is 0.134. The minimum Gasteiger partial charge on any atom is -0.409 e. The van der Waals surface area contributed by atoms with Gasteiger partial charge in [0.2, 0.25) is 0 Å². The Balaban J connectivity index is 4.01. The van der Waals surface area contributed by atoms with E-state index in [0.29, 0.717) is 0 Å². The molecule has 0 spiro atoms. The van der Waals surface area contributed by atoms with Gasteiger partial charge in [0, 0.05) is 0 Å². The van der Waals surface area contributed by atoms with Crippen molar-refractivity contribution in [1.82, 2.24) is 0 Å². The average Bonchev–Trinajstić information content (AvgIpc) is 1.81. The van der Waals surface area contributed by atoms with Gasteiger partial charge in [-0.3, -0.25) is 0 Å². The smallest absolute Gasteiger partial charge is 0.162 e. The van der Waals surface area contributed by atoms with Crippen molar-refractivity contribution < 1.29 is 5.21 Å².